The zero-order valence-electron chi connectivity index (χ0n) is 9.96. The molecule has 0 aliphatic heterocycles. The van der Waals surface area contributed by atoms with E-state index in [-0.39, 0.29) is 17.0 Å². The van der Waals surface area contributed by atoms with Crippen molar-refractivity contribution in [2.75, 3.05) is 5.73 Å². The first-order chi connectivity index (χ1) is 9.56. The number of hydrogen-bond acceptors (Lipinski definition) is 4. The molecule has 102 valence electrons. The number of nitrogen functional groups attached to an aromatic ring is 1. The summed E-state index contributed by atoms with van der Waals surface area (Å²) >= 11 is 0. The molecule has 3 rings (SSSR count). The van der Waals surface area contributed by atoms with Crippen molar-refractivity contribution in [3.63, 3.8) is 0 Å². The third-order valence-electron chi connectivity index (χ3n) is 2.79. The van der Waals surface area contributed by atoms with E-state index in [1.165, 1.54) is 28.9 Å². The molecule has 3 heterocycles. The van der Waals surface area contributed by atoms with Gasteiger partial charge in [-0.25, -0.2) is 22.7 Å². The monoisotopic (exact) mass is 279 g/mol. The molecule has 3 aromatic heterocycles. The minimum atomic E-state index is -2.60. The van der Waals surface area contributed by atoms with E-state index in [1.807, 2.05) is 0 Å². The zero-order valence-corrected chi connectivity index (χ0v) is 9.96. The maximum absolute atomic E-state index is 13.7. The summed E-state index contributed by atoms with van der Waals surface area (Å²) in [7, 11) is 0. The SMILES string of the molecule is Nc1ncc2c(F)cc(-c3ccc(C(F)F)cn3)n2n1. The fourth-order valence-electron chi connectivity index (χ4n) is 1.83. The molecular formula is C12H8F3N5. The van der Waals surface area contributed by atoms with Crippen LogP contribution in [0.15, 0.2) is 30.6 Å². The lowest BCUT2D eigenvalue weighted by atomic mass is 10.2. The lowest BCUT2D eigenvalue weighted by molar-refractivity contribution is 0.151. The smallest absolute Gasteiger partial charge is 0.265 e. The van der Waals surface area contributed by atoms with Gasteiger partial charge in [0.15, 0.2) is 5.82 Å². The van der Waals surface area contributed by atoms with Crippen LogP contribution in [0, 0.1) is 5.82 Å². The Balaban J connectivity index is 2.16. The van der Waals surface area contributed by atoms with E-state index in [1.54, 1.807) is 0 Å². The number of fused-ring (bicyclic) bond motifs is 1. The van der Waals surface area contributed by atoms with Crippen LogP contribution in [0.4, 0.5) is 19.1 Å². The fraction of sp³-hybridized carbons (Fsp3) is 0.0833. The highest BCUT2D eigenvalue weighted by atomic mass is 19.3. The van der Waals surface area contributed by atoms with Gasteiger partial charge in [0, 0.05) is 17.8 Å². The van der Waals surface area contributed by atoms with Crippen LogP contribution in [0.3, 0.4) is 0 Å². The first kappa shape index (κ1) is 12.4. The molecule has 20 heavy (non-hydrogen) atoms. The second-order valence-electron chi connectivity index (χ2n) is 4.07. The van der Waals surface area contributed by atoms with Gasteiger partial charge in [0.05, 0.1) is 17.6 Å². The van der Waals surface area contributed by atoms with Crippen LogP contribution < -0.4 is 5.73 Å². The minimum absolute atomic E-state index is 0.0291. The fourth-order valence-corrected chi connectivity index (χ4v) is 1.83. The van der Waals surface area contributed by atoms with Crippen LogP contribution in [0.1, 0.15) is 12.0 Å². The number of nitrogens with zero attached hydrogens (tertiary/aromatic N) is 4. The van der Waals surface area contributed by atoms with Crippen molar-refractivity contribution in [1.29, 1.82) is 0 Å². The van der Waals surface area contributed by atoms with Gasteiger partial charge in [-0.15, -0.1) is 5.10 Å². The topological polar surface area (TPSA) is 69.1 Å². The van der Waals surface area contributed by atoms with E-state index in [4.69, 9.17) is 5.73 Å². The molecule has 0 spiro atoms. The number of aromatic nitrogens is 4. The van der Waals surface area contributed by atoms with Crippen LogP contribution in [0.2, 0.25) is 0 Å². The van der Waals surface area contributed by atoms with Crippen LogP contribution in [0.5, 0.6) is 0 Å². The molecule has 0 aromatic carbocycles. The first-order valence-corrected chi connectivity index (χ1v) is 5.60. The highest BCUT2D eigenvalue weighted by molar-refractivity contribution is 5.64. The number of hydrogen-bond donors (Lipinski definition) is 1. The number of halogens is 3. The van der Waals surface area contributed by atoms with E-state index in [2.05, 4.69) is 15.1 Å². The van der Waals surface area contributed by atoms with Gasteiger partial charge in [-0.3, -0.25) is 4.98 Å². The average molecular weight is 279 g/mol. The largest absolute Gasteiger partial charge is 0.367 e. The number of alkyl halides is 2. The third-order valence-corrected chi connectivity index (χ3v) is 2.79. The van der Waals surface area contributed by atoms with Crippen LogP contribution in [-0.2, 0) is 0 Å². The Labute approximate surface area is 110 Å². The second kappa shape index (κ2) is 4.48. The Kier molecular flexibility index (Phi) is 2.78. The summed E-state index contributed by atoms with van der Waals surface area (Å²) in [5, 5.41) is 3.89. The lowest BCUT2D eigenvalue weighted by Crippen LogP contribution is -2.02. The summed E-state index contributed by atoms with van der Waals surface area (Å²) in [6.45, 7) is 0. The molecule has 5 nitrogen and oxygen atoms in total. The second-order valence-corrected chi connectivity index (χ2v) is 4.07. The summed E-state index contributed by atoms with van der Waals surface area (Å²) in [6.07, 6.45) is -0.313. The molecule has 0 unspecified atom stereocenters. The van der Waals surface area contributed by atoms with Crippen molar-refractivity contribution in [3.05, 3.63) is 42.0 Å². The van der Waals surface area contributed by atoms with E-state index < -0.39 is 12.2 Å². The van der Waals surface area contributed by atoms with Crippen molar-refractivity contribution < 1.29 is 13.2 Å². The molecule has 2 N–H and O–H groups in total. The molecule has 0 fully saturated rings. The Morgan fingerprint density at radius 2 is 1.95 bits per heavy atom. The summed E-state index contributed by atoms with van der Waals surface area (Å²) in [5.41, 5.74) is 6.01. The number of rotatable bonds is 2. The Morgan fingerprint density at radius 3 is 2.60 bits per heavy atom. The minimum Gasteiger partial charge on any atom is -0.367 e. The molecule has 0 radical (unpaired) electrons. The summed E-state index contributed by atoms with van der Waals surface area (Å²) < 4.78 is 39.9. The van der Waals surface area contributed by atoms with Gasteiger partial charge in [-0.05, 0) is 12.1 Å². The lowest BCUT2D eigenvalue weighted by Gasteiger charge is -2.03. The Bertz CT molecular complexity index is 767. The van der Waals surface area contributed by atoms with Gasteiger partial charge in [-0.1, -0.05) is 0 Å². The Hall–Kier alpha value is -2.64. The molecule has 0 saturated heterocycles. The third kappa shape index (κ3) is 1.94. The van der Waals surface area contributed by atoms with Crippen molar-refractivity contribution >= 4 is 11.5 Å². The van der Waals surface area contributed by atoms with E-state index in [0.717, 1.165) is 6.20 Å². The van der Waals surface area contributed by atoms with E-state index in [9.17, 15) is 13.2 Å². The summed E-state index contributed by atoms with van der Waals surface area (Å²) in [6, 6.07) is 3.81. The summed E-state index contributed by atoms with van der Waals surface area (Å²) in [5.74, 6) is -0.571. The number of nitrogens with two attached hydrogens (primary N) is 1. The van der Waals surface area contributed by atoms with Crippen molar-refractivity contribution in [2.24, 2.45) is 0 Å². The van der Waals surface area contributed by atoms with Crippen LogP contribution in [0.25, 0.3) is 16.9 Å². The predicted molar refractivity (Wildman–Crippen MR) is 65.5 cm³/mol. The van der Waals surface area contributed by atoms with E-state index >= 15 is 0 Å². The highest BCUT2D eigenvalue weighted by Gasteiger charge is 2.14. The quantitative estimate of drug-likeness (QED) is 0.782. The molecule has 0 amide bonds. The first-order valence-electron chi connectivity index (χ1n) is 5.60. The molecule has 0 saturated carbocycles. The standard InChI is InChI=1S/C12H8F3N5/c13-7-3-9(20-10(7)5-18-12(16)19-20)8-2-1-6(4-17-8)11(14)15/h1-5,11H,(H2,16,19). The van der Waals surface area contributed by atoms with Crippen LogP contribution >= 0.6 is 0 Å². The molecular weight excluding hydrogens is 271 g/mol. The predicted octanol–water partition coefficient (Wildman–Crippen LogP) is 2.45. The van der Waals surface area contributed by atoms with E-state index in [0.29, 0.717) is 11.4 Å². The summed E-state index contributed by atoms with van der Waals surface area (Å²) in [4.78, 5) is 7.59. The van der Waals surface area contributed by atoms with Crippen molar-refractivity contribution in [2.45, 2.75) is 6.43 Å². The molecule has 0 aliphatic rings. The molecule has 0 aliphatic carbocycles. The highest BCUT2D eigenvalue weighted by Crippen LogP contribution is 2.25. The van der Waals surface area contributed by atoms with Crippen LogP contribution in [-0.4, -0.2) is 19.6 Å². The van der Waals surface area contributed by atoms with Crippen molar-refractivity contribution in [1.82, 2.24) is 19.6 Å². The Morgan fingerprint density at radius 1 is 1.15 bits per heavy atom. The van der Waals surface area contributed by atoms with Gasteiger partial charge in [0.1, 0.15) is 5.52 Å². The maximum Gasteiger partial charge on any atom is 0.265 e. The van der Waals surface area contributed by atoms with Crippen molar-refractivity contribution in [3.8, 4) is 11.4 Å². The number of pyridine rings is 1. The van der Waals surface area contributed by atoms with Gasteiger partial charge in [-0.2, -0.15) is 0 Å². The molecule has 0 bridgehead atoms. The molecule has 8 heteroatoms. The van der Waals surface area contributed by atoms with Gasteiger partial charge in [0.2, 0.25) is 5.95 Å². The van der Waals surface area contributed by atoms with Gasteiger partial charge >= 0.3 is 0 Å². The molecule has 3 aromatic rings. The van der Waals surface area contributed by atoms with Gasteiger partial charge in [0.25, 0.3) is 6.43 Å². The molecule has 0 atom stereocenters. The normalized spacial score (nSPS) is 11.4. The maximum atomic E-state index is 13.7. The zero-order chi connectivity index (χ0) is 14.3. The number of anilines is 1. The van der Waals surface area contributed by atoms with Gasteiger partial charge < -0.3 is 5.73 Å². The average Bonchev–Trinajstić information content (AvgIpc) is 2.75.